The predicted octanol–water partition coefficient (Wildman–Crippen LogP) is 1.89. The van der Waals surface area contributed by atoms with Gasteiger partial charge in [0.25, 0.3) is 0 Å². The summed E-state index contributed by atoms with van der Waals surface area (Å²) in [6, 6.07) is 10.8. The molecule has 1 atom stereocenters. The topological polar surface area (TPSA) is 72.7 Å². The van der Waals surface area contributed by atoms with Gasteiger partial charge in [0.05, 0.1) is 13.4 Å². The molecule has 0 spiro atoms. The highest BCUT2D eigenvalue weighted by Crippen LogP contribution is 2.20. The van der Waals surface area contributed by atoms with Crippen LogP contribution in [0.5, 0.6) is 5.75 Å². The van der Waals surface area contributed by atoms with E-state index < -0.39 is 6.04 Å². The molecule has 6 heteroatoms. The van der Waals surface area contributed by atoms with Crippen LogP contribution in [0.25, 0.3) is 5.76 Å². The van der Waals surface area contributed by atoms with Crippen LogP contribution in [0.15, 0.2) is 53.2 Å². The van der Waals surface area contributed by atoms with Crippen molar-refractivity contribution in [1.29, 1.82) is 0 Å². The number of benzene rings is 1. The second-order valence-corrected chi connectivity index (χ2v) is 5.06. The van der Waals surface area contributed by atoms with Gasteiger partial charge < -0.3 is 19.3 Å². The van der Waals surface area contributed by atoms with Crippen LogP contribution < -0.4 is 15.5 Å². The molecular weight excluding hydrogens is 296 g/mol. The van der Waals surface area contributed by atoms with Gasteiger partial charge in [-0.15, -0.1) is 5.48 Å². The second kappa shape index (κ2) is 7.02. The molecule has 0 saturated carbocycles. The lowest BCUT2D eigenvalue weighted by atomic mass is 10.1. The van der Waals surface area contributed by atoms with Crippen LogP contribution in [-0.2, 0) is 16.1 Å². The van der Waals surface area contributed by atoms with Gasteiger partial charge in [0.1, 0.15) is 11.8 Å². The zero-order valence-corrected chi connectivity index (χ0v) is 12.7. The van der Waals surface area contributed by atoms with Crippen LogP contribution in [0.3, 0.4) is 0 Å². The number of furan rings is 1. The number of carbonyl (C=O) groups excluding carboxylic acids is 1. The van der Waals surface area contributed by atoms with Crippen LogP contribution in [-0.4, -0.2) is 25.6 Å². The number of amides is 1. The van der Waals surface area contributed by atoms with Gasteiger partial charge in [0, 0.05) is 6.54 Å². The van der Waals surface area contributed by atoms with Crippen molar-refractivity contribution in [3.63, 3.8) is 0 Å². The Morgan fingerprint density at radius 2 is 2.17 bits per heavy atom. The van der Waals surface area contributed by atoms with E-state index in [2.05, 4.69) is 10.8 Å². The van der Waals surface area contributed by atoms with Crippen molar-refractivity contribution in [3.05, 3.63) is 60.1 Å². The van der Waals surface area contributed by atoms with E-state index in [0.29, 0.717) is 24.5 Å². The number of hydrogen-bond donors (Lipinski definition) is 2. The second-order valence-electron chi connectivity index (χ2n) is 5.06. The Hall–Kier alpha value is -2.73. The van der Waals surface area contributed by atoms with Crippen molar-refractivity contribution in [1.82, 2.24) is 10.8 Å². The number of hydrogen-bond acceptors (Lipinski definition) is 5. The number of ether oxygens (including phenoxy) is 1. The first-order chi connectivity index (χ1) is 11.3. The molecule has 1 aromatic carbocycles. The lowest BCUT2D eigenvalue weighted by molar-refractivity contribution is -0.123. The molecule has 0 bridgehead atoms. The molecule has 2 N–H and O–H groups in total. The quantitative estimate of drug-likeness (QED) is 0.852. The molecule has 0 saturated heterocycles. The molecule has 6 nitrogen and oxygen atoms in total. The smallest absolute Gasteiger partial charge is 0.244 e. The van der Waals surface area contributed by atoms with E-state index in [9.17, 15) is 4.79 Å². The van der Waals surface area contributed by atoms with E-state index in [4.69, 9.17) is 14.0 Å². The SMILES string of the molecule is COc1ccccc1CCNC(=O)C1C=C(c2ccco2)ON1. The van der Waals surface area contributed by atoms with Crippen LogP contribution >= 0.6 is 0 Å². The summed E-state index contributed by atoms with van der Waals surface area (Å²) in [6.45, 7) is 0.515. The molecule has 120 valence electrons. The minimum atomic E-state index is -0.534. The molecule has 1 aliphatic heterocycles. The lowest BCUT2D eigenvalue weighted by Crippen LogP contribution is -2.40. The maximum atomic E-state index is 12.1. The molecule has 1 aliphatic rings. The lowest BCUT2D eigenvalue weighted by Gasteiger charge is -2.11. The minimum absolute atomic E-state index is 0.151. The minimum Gasteiger partial charge on any atom is -0.496 e. The summed E-state index contributed by atoms with van der Waals surface area (Å²) in [6.07, 6.45) is 3.94. The average molecular weight is 314 g/mol. The van der Waals surface area contributed by atoms with Gasteiger partial charge in [0.2, 0.25) is 5.91 Å². The summed E-state index contributed by atoms with van der Waals surface area (Å²) in [4.78, 5) is 17.4. The Morgan fingerprint density at radius 3 is 2.96 bits per heavy atom. The zero-order chi connectivity index (χ0) is 16.1. The van der Waals surface area contributed by atoms with Crippen molar-refractivity contribution in [2.24, 2.45) is 0 Å². The molecule has 2 heterocycles. The Bertz CT molecular complexity index is 694. The van der Waals surface area contributed by atoms with Gasteiger partial charge in [-0.3, -0.25) is 4.79 Å². The first kappa shape index (κ1) is 15.2. The molecular formula is C17H18N2O4. The number of rotatable bonds is 6. The van der Waals surface area contributed by atoms with E-state index >= 15 is 0 Å². The van der Waals surface area contributed by atoms with Crippen molar-refractivity contribution in [3.8, 4) is 5.75 Å². The fourth-order valence-electron chi connectivity index (χ4n) is 2.37. The van der Waals surface area contributed by atoms with Crippen LogP contribution in [0.1, 0.15) is 11.3 Å². The van der Waals surface area contributed by atoms with Gasteiger partial charge in [-0.2, -0.15) is 0 Å². The fraction of sp³-hybridized carbons (Fsp3) is 0.235. The number of methoxy groups -OCH3 is 1. The van der Waals surface area contributed by atoms with Crippen molar-refractivity contribution >= 4 is 11.7 Å². The highest BCUT2D eigenvalue weighted by atomic mass is 16.7. The van der Waals surface area contributed by atoms with Crippen LogP contribution in [0.4, 0.5) is 0 Å². The molecule has 0 aliphatic carbocycles. The van der Waals surface area contributed by atoms with Crippen molar-refractivity contribution < 1.29 is 18.8 Å². The molecule has 1 unspecified atom stereocenters. The summed E-state index contributed by atoms with van der Waals surface area (Å²) in [5.41, 5.74) is 3.73. The summed E-state index contributed by atoms with van der Waals surface area (Å²) in [5, 5.41) is 2.88. The van der Waals surface area contributed by atoms with Gasteiger partial charge in [-0.05, 0) is 36.3 Å². The number of para-hydroxylation sites is 1. The molecule has 23 heavy (non-hydrogen) atoms. The van der Waals surface area contributed by atoms with Gasteiger partial charge >= 0.3 is 0 Å². The predicted molar refractivity (Wildman–Crippen MR) is 84.4 cm³/mol. The van der Waals surface area contributed by atoms with E-state index in [1.54, 1.807) is 31.6 Å². The third kappa shape index (κ3) is 3.54. The Morgan fingerprint density at radius 1 is 1.30 bits per heavy atom. The molecule has 1 aromatic heterocycles. The van der Waals surface area contributed by atoms with Gasteiger partial charge in [0.15, 0.2) is 11.5 Å². The Kier molecular flexibility index (Phi) is 4.63. The summed E-state index contributed by atoms with van der Waals surface area (Å²) < 4.78 is 10.5. The van der Waals surface area contributed by atoms with E-state index in [1.807, 2.05) is 24.3 Å². The number of nitrogens with one attached hydrogen (secondary N) is 2. The summed E-state index contributed by atoms with van der Waals surface area (Å²) >= 11 is 0. The normalized spacial score (nSPS) is 16.6. The van der Waals surface area contributed by atoms with Crippen LogP contribution in [0.2, 0.25) is 0 Å². The Balaban J connectivity index is 1.52. The largest absolute Gasteiger partial charge is 0.496 e. The van der Waals surface area contributed by atoms with Crippen molar-refractivity contribution in [2.45, 2.75) is 12.5 Å². The highest BCUT2D eigenvalue weighted by molar-refractivity contribution is 5.86. The Labute approximate surface area is 134 Å². The van der Waals surface area contributed by atoms with Gasteiger partial charge in [-0.25, -0.2) is 0 Å². The fourth-order valence-corrected chi connectivity index (χ4v) is 2.37. The molecule has 0 radical (unpaired) electrons. The third-order valence-electron chi connectivity index (χ3n) is 3.55. The van der Waals surface area contributed by atoms with E-state index in [-0.39, 0.29) is 5.91 Å². The summed E-state index contributed by atoms with van der Waals surface area (Å²) in [5.74, 6) is 1.77. The highest BCUT2D eigenvalue weighted by Gasteiger charge is 2.25. The zero-order valence-electron chi connectivity index (χ0n) is 12.7. The first-order valence-electron chi connectivity index (χ1n) is 7.35. The van der Waals surface area contributed by atoms with E-state index in [1.165, 1.54) is 0 Å². The first-order valence-corrected chi connectivity index (χ1v) is 7.35. The molecule has 1 amide bonds. The maximum Gasteiger partial charge on any atom is 0.244 e. The maximum absolute atomic E-state index is 12.1. The molecule has 3 rings (SSSR count). The summed E-state index contributed by atoms with van der Waals surface area (Å²) in [7, 11) is 1.64. The van der Waals surface area contributed by atoms with E-state index in [0.717, 1.165) is 11.3 Å². The molecule has 0 fully saturated rings. The van der Waals surface area contributed by atoms with Gasteiger partial charge in [-0.1, -0.05) is 18.2 Å². The van der Waals surface area contributed by atoms with Crippen LogP contribution in [0, 0.1) is 0 Å². The third-order valence-corrected chi connectivity index (χ3v) is 3.55. The number of hydroxylamine groups is 1. The average Bonchev–Trinajstić information content (AvgIpc) is 3.26. The molecule has 2 aromatic rings. The van der Waals surface area contributed by atoms with Crippen molar-refractivity contribution in [2.75, 3.05) is 13.7 Å². The standard InChI is InChI=1S/C17H18N2O4/c1-21-14-6-3-2-5-12(14)8-9-18-17(20)13-11-16(23-19-13)15-7-4-10-22-15/h2-7,10-11,13,19H,8-9H2,1H3,(H,18,20). The monoisotopic (exact) mass is 314 g/mol. The number of carbonyl (C=O) groups is 1.